The molecule has 0 radical (unpaired) electrons. The molecule has 0 spiro atoms. The standard InChI is InChI=1S/C16H16ClNO3/c1-21-15-8-4-6-13(18-15)10-12(16(19)20)9-11-5-2-3-7-14(11)17/h2-8,12H,9-10H2,1H3,(H,19,20). The van der Waals surface area contributed by atoms with E-state index in [1.807, 2.05) is 18.2 Å². The van der Waals surface area contributed by atoms with Crippen molar-refractivity contribution in [1.82, 2.24) is 4.98 Å². The second kappa shape index (κ2) is 7.09. The largest absolute Gasteiger partial charge is 0.481 e. The van der Waals surface area contributed by atoms with E-state index in [0.29, 0.717) is 29.4 Å². The highest BCUT2D eigenvalue weighted by molar-refractivity contribution is 6.31. The molecular weight excluding hydrogens is 290 g/mol. The second-order valence-corrected chi connectivity index (χ2v) is 5.11. The van der Waals surface area contributed by atoms with Crippen molar-refractivity contribution < 1.29 is 14.6 Å². The number of carboxylic acids is 1. The lowest BCUT2D eigenvalue weighted by Gasteiger charge is -2.13. The summed E-state index contributed by atoms with van der Waals surface area (Å²) in [7, 11) is 1.53. The Balaban J connectivity index is 2.16. The van der Waals surface area contributed by atoms with Crippen LogP contribution in [0.2, 0.25) is 5.02 Å². The Morgan fingerprint density at radius 3 is 2.67 bits per heavy atom. The van der Waals surface area contributed by atoms with Crippen LogP contribution in [0.3, 0.4) is 0 Å². The van der Waals surface area contributed by atoms with Crippen molar-refractivity contribution in [1.29, 1.82) is 0 Å². The molecule has 4 nitrogen and oxygen atoms in total. The summed E-state index contributed by atoms with van der Waals surface area (Å²) in [5.41, 5.74) is 1.52. The number of hydrogen-bond donors (Lipinski definition) is 1. The Morgan fingerprint density at radius 1 is 1.24 bits per heavy atom. The average molecular weight is 306 g/mol. The molecule has 0 bridgehead atoms. The monoisotopic (exact) mass is 305 g/mol. The van der Waals surface area contributed by atoms with Crippen molar-refractivity contribution in [3.05, 3.63) is 58.7 Å². The highest BCUT2D eigenvalue weighted by atomic mass is 35.5. The van der Waals surface area contributed by atoms with Crippen LogP contribution in [0.5, 0.6) is 5.88 Å². The van der Waals surface area contributed by atoms with Gasteiger partial charge >= 0.3 is 5.97 Å². The molecule has 0 amide bonds. The molecule has 0 aliphatic rings. The Bertz CT molecular complexity index is 630. The molecular formula is C16H16ClNO3. The number of hydrogen-bond acceptors (Lipinski definition) is 3. The number of benzene rings is 1. The van der Waals surface area contributed by atoms with E-state index < -0.39 is 11.9 Å². The van der Waals surface area contributed by atoms with Gasteiger partial charge in [0.25, 0.3) is 0 Å². The van der Waals surface area contributed by atoms with Crippen molar-refractivity contribution in [3.63, 3.8) is 0 Å². The van der Waals surface area contributed by atoms with Crippen LogP contribution in [-0.4, -0.2) is 23.2 Å². The predicted molar refractivity (Wildman–Crippen MR) is 80.8 cm³/mol. The molecule has 1 N–H and O–H groups in total. The summed E-state index contributed by atoms with van der Waals surface area (Å²) in [5, 5.41) is 10.00. The molecule has 21 heavy (non-hydrogen) atoms. The number of carbonyl (C=O) groups is 1. The van der Waals surface area contributed by atoms with Gasteiger partial charge < -0.3 is 9.84 Å². The smallest absolute Gasteiger partial charge is 0.307 e. The van der Waals surface area contributed by atoms with Gasteiger partial charge in [-0.3, -0.25) is 4.79 Å². The van der Waals surface area contributed by atoms with Gasteiger partial charge in [0, 0.05) is 23.2 Å². The lowest BCUT2D eigenvalue weighted by atomic mass is 9.94. The van der Waals surface area contributed by atoms with E-state index in [9.17, 15) is 9.90 Å². The van der Waals surface area contributed by atoms with Gasteiger partial charge in [-0.05, 0) is 24.1 Å². The Hall–Kier alpha value is -2.07. The number of aromatic nitrogens is 1. The third-order valence-corrected chi connectivity index (χ3v) is 3.59. The number of ether oxygens (including phenoxy) is 1. The van der Waals surface area contributed by atoms with Crippen LogP contribution >= 0.6 is 11.6 Å². The van der Waals surface area contributed by atoms with E-state index in [1.165, 1.54) is 7.11 Å². The molecule has 0 saturated carbocycles. The Kier molecular flexibility index (Phi) is 5.17. The van der Waals surface area contributed by atoms with Gasteiger partial charge in [-0.15, -0.1) is 0 Å². The molecule has 2 aromatic rings. The number of halogens is 1. The van der Waals surface area contributed by atoms with Crippen LogP contribution in [-0.2, 0) is 17.6 Å². The summed E-state index contributed by atoms with van der Waals surface area (Å²) in [6.45, 7) is 0. The summed E-state index contributed by atoms with van der Waals surface area (Å²) in [4.78, 5) is 15.7. The van der Waals surface area contributed by atoms with E-state index in [1.54, 1.807) is 24.3 Å². The van der Waals surface area contributed by atoms with E-state index >= 15 is 0 Å². The van der Waals surface area contributed by atoms with Crippen molar-refractivity contribution >= 4 is 17.6 Å². The van der Waals surface area contributed by atoms with Crippen LogP contribution in [0.25, 0.3) is 0 Å². The van der Waals surface area contributed by atoms with Crippen molar-refractivity contribution in [2.24, 2.45) is 5.92 Å². The first kappa shape index (κ1) is 15.3. The van der Waals surface area contributed by atoms with E-state index in [2.05, 4.69) is 4.98 Å². The number of rotatable bonds is 6. The number of nitrogens with zero attached hydrogens (tertiary/aromatic N) is 1. The van der Waals surface area contributed by atoms with Crippen LogP contribution in [0.4, 0.5) is 0 Å². The highest BCUT2D eigenvalue weighted by Gasteiger charge is 2.20. The predicted octanol–water partition coefficient (Wildman–Crippen LogP) is 3.23. The van der Waals surface area contributed by atoms with E-state index in [4.69, 9.17) is 16.3 Å². The summed E-state index contributed by atoms with van der Waals surface area (Å²) in [5.74, 6) is -0.960. The first-order valence-corrected chi connectivity index (χ1v) is 6.94. The first-order chi connectivity index (χ1) is 10.1. The normalized spacial score (nSPS) is 11.9. The van der Waals surface area contributed by atoms with Gasteiger partial charge in [-0.2, -0.15) is 0 Å². The molecule has 1 aromatic heterocycles. The van der Waals surface area contributed by atoms with Gasteiger partial charge in [0.2, 0.25) is 5.88 Å². The van der Waals surface area contributed by atoms with E-state index in [-0.39, 0.29) is 0 Å². The van der Waals surface area contributed by atoms with Crippen LogP contribution in [0.15, 0.2) is 42.5 Å². The zero-order valence-corrected chi connectivity index (χ0v) is 12.4. The topological polar surface area (TPSA) is 59.4 Å². The van der Waals surface area contributed by atoms with Crippen molar-refractivity contribution in [2.75, 3.05) is 7.11 Å². The molecule has 5 heteroatoms. The summed E-state index contributed by atoms with van der Waals surface area (Å²) >= 11 is 6.10. The van der Waals surface area contributed by atoms with Gasteiger partial charge in [-0.25, -0.2) is 4.98 Å². The minimum Gasteiger partial charge on any atom is -0.481 e. The van der Waals surface area contributed by atoms with Crippen LogP contribution in [0.1, 0.15) is 11.3 Å². The zero-order valence-electron chi connectivity index (χ0n) is 11.6. The molecule has 0 fully saturated rings. The zero-order chi connectivity index (χ0) is 15.2. The average Bonchev–Trinajstić information content (AvgIpc) is 2.49. The highest BCUT2D eigenvalue weighted by Crippen LogP contribution is 2.21. The maximum atomic E-state index is 11.5. The molecule has 0 aliphatic carbocycles. The lowest BCUT2D eigenvalue weighted by Crippen LogP contribution is -2.20. The fourth-order valence-electron chi connectivity index (χ4n) is 2.11. The Labute approximate surface area is 128 Å². The molecule has 0 saturated heterocycles. The first-order valence-electron chi connectivity index (χ1n) is 6.56. The molecule has 1 atom stereocenters. The summed E-state index contributed by atoms with van der Waals surface area (Å²) in [6, 6.07) is 12.6. The Morgan fingerprint density at radius 2 is 2.00 bits per heavy atom. The molecule has 0 aliphatic heterocycles. The summed E-state index contributed by atoms with van der Waals surface area (Å²) in [6.07, 6.45) is 0.700. The molecule has 1 unspecified atom stereocenters. The maximum Gasteiger partial charge on any atom is 0.307 e. The summed E-state index contributed by atoms with van der Waals surface area (Å²) < 4.78 is 5.05. The molecule has 110 valence electrons. The van der Waals surface area contributed by atoms with Gasteiger partial charge in [0.05, 0.1) is 13.0 Å². The fourth-order valence-corrected chi connectivity index (χ4v) is 2.33. The minimum absolute atomic E-state index is 0.331. The SMILES string of the molecule is COc1cccc(CC(Cc2ccccc2Cl)C(=O)O)n1. The number of carboxylic acid groups (broad SMARTS) is 1. The number of aliphatic carboxylic acids is 1. The molecule has 1 aromatic carbocycles. The number of methoxy groups -OCH3 is 1. The fraction of sp³-hybridized carbons (Fsp3) is 0.250. The van der Waals surface area contributed by atoms with Crippen molar-refractivity contribution in [2.45, 2.75) is 12.8 Å². The van der Waals surface area contributed by atoms with Gasteiger partial charge in [-0.1, -0.05) is 35.9 Å². The maximum absolute atomic E-state index is 11.5. The molecule has 2 rings (SSSR count). The quantitative estimate of drug-likeness (QED) is 0.890. The van der Waals surface area contributed by atoms with E-state index in [0.717, 1.165) is 5.56 Å². The van der Waals surface area contributed by atoms with Crippen LogP contribution < -0.4 is 4.74 Å². The van der Waals surface area contributed by atoms with Gasteiger partial charge in [0.15, 0.2) is 0 Å². The van der Waals surface area contributed by atoms with Gasteiger partial charge in [0.1, 0.15) is 0 Å². The number of pyridine rings is 1. The van der Waals surface area contributed by atoms with Crippen LogP contribution in [0, 0.1) is 5.92 Å². The second-order valence-electron chi connectivity index (χ2n) is 4.71. The lowest BCUT2D eigenvalue weighted by molar-refractivity contribution is -0.141. The van der Waals surface area contributed by atoms with Crippen molar-refractivity contribution in [3.8, 4) is 5.88 Å². The third-order valence-electron chi connectivity index (χ3n) is 3.22. The third kappa shape index (κ3) is 4.20. The minimum atomic E-state index is -0.862. The molecule has 1 heterocycles.